The Bertz CT molecular complexity index is 503. The van der Waals surface area contributed by atoms with Gasteiger partial charge in [-0.25, -0.2) is 0 Å². The van der Waals surface area contributed by atoms with Crippen LogP contribution in [0.5, 0.6) is 0 Å². The first-order valence-corrected chi connectivity index (χ1v) is 7.35. The summed E-state index contributed by atoms with van der Waals surface area (Å²) in [5.74, 6) is 0.714. The molecule has 0 aromatic heterocycles. The van der Waals surface area contributed by atoms with Crippen molar-refractivity contribution in [1.29, 1.82) is 0 Å². The minimum Gasteiger partial charge on any atom is -0.384 e. The number of amides is 1. The molecule has 1 amide bonds. The number of para-hydroxylation sites is 1. The van der Waals surface area contributed by atoms with E-state index >= 15 is 0 Å². The van der Waals surface area contributed by atoms with Crippen LogP contribution in [0, 0.1) is 5.92 Å². The van der Waals surface area contributed by atoms with Crippen molar-refractivity contribution in [2.45, 2.75) is 25.4 Å². The molecular formula is C16H22N2O2. The Hall–Kier alpha value is -1.55. The third-order valence-electron chi connectivity index (χ3n) is 4.63. The van der Waals surface area contributed by atoms with Crippen LogP contribution in [-0.4, -0.2) is 43.7 Å². The standard InChI is InChI=1S/C16H22N2O2/c1-11-7-8-18(10-15(11)20-2)16(19)13-9-17-14-6-4-3-5-12(13)14/h3-6,11,13,15,17H,7-10H2,1-2H3. The van der Waals surface area contributed by atoms with Crippen molar-refractivity contribution < 1.29 is 9.53 Å². The minimum atomic E-state index is -0.0443. The summed E-state index contributed by atoms with van der Waals surface area (Å²) in [7, 11) is 1.74. The smallest absolute Gasteiger partial charge is 0.232 e. The van der Waals surface area contributed by atoms with Crippen molar-refractivity contribution >= 4 is 11.6 Å². The van der Waals surface area contributed by atoms with Gasteiger partial charge in [0.2, 0.25) is 5.91 Å². The van der Waals surface area contributed by atoms with Crippen molar-refractivity contribution in [3.05, 3.63) is 29.8 Å². The quantitative estimate of drug-likeness (QED) is 0.897. The summed E-state index contributed by atoms with van der Waals surface area (Å²) in [6.07, 6.45) is 1.18. The molecule has 2 aliphatic heterocycles. The number of benzene rings is 1. The summed E-state index contributed by atoms with van der Waals surface area (Å²) in [6.45, 7) is 4.47. The first kappa shape index (κ1) is 13.4. The normalized spacial score (nSPS) is 28.9. The van der Waals surface area contributed by atoms with Gasteiger partial charge in [-0.05, 0) is 24.0 Å². The molecule has 108 valence electrons. The van der Waals surface area contributed by atoms with Crippen molar-refractivity contribution in [3.63, 3.8) is 0 Å². The lowest BCUT2D eigenvalue weighted by Gasteiger charge is -2.37. The number of anilines is 1. The van der Waals surface area contributed by atoms with Crippen molar-refractivity contribution in [2.75, 3.05) is 32.1 Å². The third-order valence-corrected chi connectivity index (χ3v) is 4.63. The number of carbonyl (C=O) groups excluding carboxylic acids is 1. The number of nitrogens with zero attached hydrogens (tertiary/aromatic N) is 1. The summed E-state index contributed by atoms with van der Waals surface area (Å²) < 4.78 is 5.51. The largest absolute Gasteiger partial charge is 0.384 e. The van der Waals surface area contributed by atoms with Crippen LogP contribution in [0.15, 0.2) is 24.3 Å². The second-order valence-corrected chi connectivity index (χ2v) is 5.85. The molecular weight excluding hydrogens is 252 g/mol. The molecule has 1 aromatic carbocycles. The van der Waals surface area contributed by atoms with Crippen LogP contribution in [0.3, 0.4) is 0 Å². The van der Waals surface area contributed by atoms with Gasteiger partial charge in [-0.15, -0.1) is 0 Å². The van der Waals surface area contributed by atoms with Crippen LogP contribution in [0.1, 0.15) is 24.8 Å². The predicted octanol–water partition coefficient (Wildman–Crippen LogP) is 2.08. The molecule has 1 saturated heterocycles. The number of likely N-dealkylation sites (tertiary alicyclic amines) is 1. The van der Waals surface area contributed by atoms with Crippen LogP contribution in [-0.2, 0) is 9.53 Å². The number of rotatable bonds is 2. The van der Waals surface area contributed by atoms with Crippen molar-refractivity contribution in [2.24, 2.45) is 5.92 Å². The Morgan fingerprint density at radius 3 is 3.00 bits per heavy atom. The number of nitrogens with one attached hydrogen (secondary N) is 1. The van der Waals surface area contributed by atoms with E-state index in [1.165, 1.54) is 0 Å². The molecule has 2 heterocycles. The van der Waals surface area contributed by atoms with E-state index in [1.54, 1.807) is 7.11 Å². The Morgan fingerprint density at radius 2 is 2.20 bits per heavy atom. The second kappa shape index (κ2) is 5.44. The summed E-state index contributed by atoms with van der Waals surface area (Å²) in [5.41, 5.74) is 2.23. The SMILES string of the molecule is COC1CN(C(=O)C2CNc3ccccc32)CCC1C. The van der Waals surface area contributed by atoms with Gasteiger partial charge >= 0.3 is 0 Å². The average molecular weight is 274 g/mol. The zero-order valence-corrected chi connectivity index (χ0v) is 12.1. The molecule has 20 heavy (non-hydrogen) atoms. The lowest BCUT2D eigenvalue weighted by atomic mass is 9.93. The Morgan fingerprint density at radius 1 is 1.40 bits per heavy atom. The first-order valence-electron chi connectivity index (χ1n) is 7.35. The fourth-order valence-corrected chi connectivity index (χ4v) is 3.27. The van der Waals surface area contributed by atoms with Crippen molar-refractivity contribution in [1.82, 2.24) is 4.90 Å². The fourth-order valence-electron chi connectivity index (χ4n) is 3.27. The number of fused-ring (bicyclic) bond motifs is 1. The maximum absolute atomic E-state index is 12.8. The van der Waals surface area contributed by atoms with Crippen LogP contribution >= 0.6 is 0 Å². The molecule has 3 rings (SSSR count). The molecule has 4 heteroatoms. The molecule has 1 aromatic rings. The maximum Gasteiger partial charge on any atom is 0.232 e. The van der Waals surface area contributed by atoms with Crippen LogP contribution < -0.4 is 5.32 Å². The number of carbonyl (C=O) groups is 1. The molecule has 1 N–H and O–H groups in total. The highest BCUT2D eigenvalue weighted by Gasteiger charge is 2.35. The maximum atomic E-state index is 12.8. The van der Waals surface area contributed by atoms with E-state index in [-0.39, 0.29) is 17.9 Å². The Labute approximate surface area is 120 Å². The molecule has 1 fully saturated rings. The molecule has 0 spiro atoms. The number of hydrogen-bond donors (Lipinski definition) is 1. The highest BCUT2D eigenvalue weighted by Crippen LogP contribution is 2.33. The molecule has 3 atom stereocenters. The second-order valence-electron chi connectivity index (χ2n) is 5.85. The van der Waals surface area contributed by atoms with Crippen LogP contribution in [0.25, 0.3) is 0 Å². The molecule has 0 radical (unpaired) electrons. The zero-order chi connectivity index (χ0) is 14.1. The van der Waals surface area contributed by atoms with Crippen LogP contribution in [0.2, 0.25) is 0 Å². The summed E-state index contributed by atoms with van der Waals surface area (Å²) >= 11 is 0. The van der Waals surface area contributed by atoms with Crippen LogP contribution in [0.4, 0.5) is 5.69 Å². The first-order chi connectivity index (χ1) is 9.70. The van der Waals surface area contributed by atoms with Crippen molar-refractivity contribution in [3.8, 4) is 0 Å². The summed E-state index contributed by atoms with van der Waals surface area (Å²) in [6, 6.07) is 8.10. The van der Waals surface area contributed by atoms with E-state index < -0.39 is 0 Å². The van der Waals surface area contributed by atoms with E-state index in [2.05, 4.69) is 18.3 Å². The number of hydrogen-bond acceptors (Lipinski definition) is 3. The van der Waals surface area contributed by atoms with Gasteiger partial charge in [0, 0.05) is 32.4 Å². The Balaban J connectivity index is 1.74. The highest BCUT2D eigenvalue weighted by molar-refractivity contribution is 5.88. The molecule has 2 aliphatic rings. The fraction of sp³-hybridized carbons (Fsp3) is 0.562. The lowest BCUT2D eigenvalue weighted by Crippen LogP contribution is -2.48. The number of ether oxygens (including phenoxy) is 1. The van der Waals surface area contributed by atoms with Gasteiger partial charge in [0.05, 0.1) is 12.0 Å². The van der Waals surface area contributed by atoms with E-state index in [9.17, 15) is 4.79 Å². The molecule has 0 bridgehead atoms. The van der Waals surface area contributed by atoms with Gasteiger partial charge in [0.1, 0.15) is 0 Å². The summed E-state index contributed by atoms with van der Waals surface area (Å²) in [5, 5.41) is 3.33. The third kappa shape index (κ3) is 2.29. The Kier molecular flexibility index (Phi) is 3.66. The molecule has 4 nitrogen and oxygen atoms in total. The highest BCUT2D eigenvalue weighted by atomic mass is 16.5. The predicted molar refractivity (Wildman–Crippen MR) is 78.8 cm³/mol. The van der Waals surface area contributed by atoms with Gasteiger partial charge in [0.15, 0.2) is 0 Å². The average Bonchev–Trinajstić information content (AvgIpc) is 2.91. The lowest BCUT2D eigenvalue weighted by molar-refractivity contribution is -0.137. The monoisotopic (exact) mass is 274 g/mol. The van der Waals surface area contributed by atoms with Gasteiger partial charge in [-0.2, -0.15) is 0 Å². The number of piperidine rings is 1. The van der Waals surface area contributed by atoms with E-state index in [0.717, 1.165) is 30.8 Å². The molecule has 3 unspecified atom stereocenters. The zero-order valence-electron chi connectivity index (χ0n) is 12.1. The topological polar surface area (TPSA) is 41.6 Å². The molecule has 0 saturated carbocycles. The number of methoxy groups -OCH3 is 1. The van der Waals surface area contributed by atoms with Gasteiger partial charge in [-0.3, -0.25) is 4.79 Å². The minimum absolute atomic E-state index is 0.0443. The van der Waals surface area contributed by atoms with Gasteiger partial charge < -0.3 is 15.0 Å². The summed E-state index contributed by atoms with van der Waals surface area (Å²) in [4.78, 5) is 14.7. The van der Waals surface area contributed by atoms with Gasteiger partial charge in [0.25, 0.3) is 0 Å². The van der Waals surface area contributed by atoms with E-state index in [0.29, 0.717) is 12.5 Å². The van der Waals surface area contributed by atoms with Gasteiger partial charge in [-0.1, -0.05) is 25.1 Å². The van der Waals surface area contributed by atoms with E-state index in [4.69, 9.17) is 4.74 Å². The van der Waals surface area contributed by atoms with E-state index in [1.807, 2.05) is 23.1 Å². The molecule has 0 aliphatic carbocycles.